The summed E-state index contributed by atoms with van der Waals surface area (Å²) < 4.78 is 29.4. The van der Waals surface area contributed by atoms with Gasteiger partial charge in [0.2, 0.25) is 0 Å². The lowest BCUT2D eigenvalue weighted by molar-refractivity contribution is 0.486. The minimum atomic E-state index is -3.78. The van der Waals surface area contributed by atoms with Crippen LogP contribution in [0.3, 0.4) is 0 Å². The molecule has 20 heavy (non-hydrogen) atoms. The molecule has 0 amide bonds. The lowest BCUT2D eigenvalue weighted by Crippen LogP contribution is -2.09. The number of hydrogen-bond acceptors (Lipinski definition) is 3. The molecular formula is C16H12O3S. The van der Waals surface area contributed by atoms with Crippen LogP contribution in [-0.4, -0.2) is 8.42 Å². The number of fused-ring (bicyclic) bond motifs is 1. The predicted molar refractivity (Wildman–Crippen MR) is 78.2 cm³/mol. The van der Waals surface area contributed by atoms with Crippen molar-refractivity contribution in [3.63, 3.8) is 0 Å². The van der Waals surface area contributed by atoms with Gasteiger partial charge in [-0.05, 0) is 35.0 Å². The first-order valence-electron chi connectivity index (χ1n) is 6.13. The van der Waals surface area contributed by atoms with Crippen molar-refractivity contribution in [3.8, 4) is 5.75 Å². The van der Waals surface area contributed by atoms with Crippen LogP contribution in [0.25, 0.3) is 10.8 Å². The molecule has 3 rings (SSSR count). The fraction of sp³-hybridized carbons (Fsp3) is 0. The molecule has 0 aliphatic carbocycles. The highest BCUT2D eigenvalue weighted by atomic mass is 32.2. The Labute approximate surface area is 117 Å². The van der Waals surface area contributed by atoms with E-state index in [4.69, 9.17) is 4.18 Å². The average molecular weight is 284 g/mol. The van der Waals surface area contributed by atoms with E-state index >= 15 is 0 Å². The fourth-order valence-electron chi connectivity index (χ4n) is 1.98. The minimum absolute atomic E-state index is 0.146. The largest absolute Gasteiger partial charge is 0.379 e. The fourth-order valence-corrected chi connectivity index (χ4v) is 2.92. The highest BCUT2D eigenvalue weighted by molar-refractivity contribution is 7.87. The summed E-state index contributed by atoms with van der Waals surface area (Å²) in [6.07, 6.45) is 0. The van der Waals surface area contributed by atoms with E-state index < -0.39 is 10.1 Å². The molecule has 3 aromatic rings. The second kappa shape index (κ2) is 4.98. The molecule has 0 saturated heterocycles. The normalized spacial score (nSPS) is 11.4. The van der Waals surface area contributed by atoms with Crippen LogP contribution in [0, 0.1) is 0 Å². The van der Waals surface area contributed by atoms with Gasteiger partial charge in [-0.15, -0.1) is 0 Å². The summed E-state index contributed by atoms with van der Waals surface area (Å²) in [6, 6.07) is 21.0. The first-order valence-corrected chi connectivity index (χ1v) is 7.54. The van der Waals surface area contributed by atoms with Gasteiger partial charge in [0.05, 0.1) is 0 Å². The van der Waals surface area contributed by atoms with Crippen molar-refractivity contribution < 1.29 is 12.6 Å². The summed E-state index contributed by atoms with van der Waals surface area (Å²) in [6.45, 7) is 0. The lowest BCUT2D eigenvalue weighted by atomic mass is 10.1. The Balaban J connectivity index is 1.97. The van der Waals surface area contributed by atoms with Gasteiger partial charge in [-0.2, -0.15) is 8.42 Å². The molecule has 0 fully saturated rings. The Morgan fingerprint density at radius 2 is 1.35 bits per heavy atom. The van der Waals surface area contributed by atoms with Crippen molar-refractivity contribution in [1.82, 2.24) is 0 Å². The van der Waals surface area contributed by atoms with E-state index in [2.05, 4.69) is 0 Å². The molecular weight excluding hydrogens is 272 g/mol. The predicted octanol–water partition coefficient (Wildman–Crippen LogP) is 3.61. The van der Waals surface area contributed by atoms with Gasteiger partial charge < -0.3 is 4.18 Å². The van der Waals surface area contributed by atoms with Crippen molar-refractivity contribution in [1.29, 1.82) is 0 Å². The summed E-state index contributed by atoms with van der Waals surface area (Å²) in [5.74, 6) is 0.313. The second-order valence-electron chi connectivity index (χ2n) is 4.36. The van der Waals surface area contributed by atoms with Gasteiger partial charge >= 0.3 is 10.1 Å². The second-order valence-corrected chi connectivity index (χ2v) is 5.91. The molecule has 3 nitrogen and oxygen atoms in total. The molecule has 0 atom stereocenters. The summed E-state index contributed by atoms with van der Waals surface area (Å²) >= 11 is 0. The number of rotatable bonds is 3. The van der Waals surface area contributed by atoms with Gasteiger partial charge in [0, 0.05) is 0 Å². The molecule has 0 bridgehead atoms. The quantitative estimate of drug-likeness (QED) is 0.690. The van der Waals surface area contributed by atoms with Crippen LogP contribution in [0.4, 0.5) is 0 Å². The van der Waals surface area contributed by atoms with Gasteiger partial charge in [0.25, 0.3) is 0 Å². The van der Waals surface area contributed by atoms with Crippen molar-refractivity contribution in [2.45, 2.75) is 4.90 Å². The standard InChI is InChI=1S/C16H12O3S/c17-20(18,16-8-2-1-3-9-16)19-15-11-10-13-6-4-5-7-14(13)12-15/h1-12H. The van der Waals surface area contributed by atoms with E-state index in [1.165, 1.54) is 12.1 Å². The molecule has 0 spiro atoms. The maximum Gasteiger partial charge on any atom is 0.339 e. The van der Waals surface area contributed by atoms with Gasteiger partial charge in [0.15, 0.2) is 0 Å². The first-order chi connectivity index (χ1) is 9.65. The maximum absolute atomic E-state index is 12.1. The Bertz CT molecular complexity index is 840. The monoisotopic (exact) mass is 284 g/mol. The van der Waals surface area contributed by atoms with Crippen molar-refractivity contribution in [2.24, 2.45) is 0 Å². The Morgan fingerprint density at radius 3 is 2.10 bits per heavy atom. The SMILES string of the molecule is O=S(=O)(Oc1ccc2ccccc2c1)c1ccccc1. The van der Waals surface area contributed by atoms with Crippen molar-refractivity contribution in [2.75, 3.05) is 0 Å². The van der Waals surface area contributed by atoms with Gasteiger partial charge in [-0.3, -0.25) is 0 Å². The third-order valence-electron chi connectivity index (χ3n) is 2.96. The summed E-state index contributed by atoms with van der Waals surface area (Å²) in [7, 11) is -3.78. The zero-order valence-electron chi connectivity index (χ0n) is 10.6. The summed E-state index contributed by atoms with van der Waals surface area (Å²) in [5, 5.41) is 1.98. The van der Waals surface area contributed by atoms with Crippen LogP contribution < -0.4 is 4.18 Å². The smallest absolute Gasteiger partial charge is 0.339 e. The molecule has 4 heteroatoms. The van der Waals surface area contributed by atoms with Crippen LogP contribution in [0.1, 0.15) is 0 Å². The topological polar surface area (TPSA) is 43.4 Å². The van der Waals surface area contributed by atoms with Gasteiger partial charge in [-0.25, -0.2) is 0 Å². The molecule has 0 aliphatic heterocycles. The third-order valence-corrected chi connectivity index (χ3v) is 4.22. The molecule has 3 aromatic carbocycles. The molecule has 0 radical (unpaired) electrons. The zero-order valence-corrected chi connectivity index (χ0v) is 11.4. The Kier molecular flexibility index (Phi) is 3.16. The minimum Gasteiger partial charge on any atom is -0.379 e. The van der Waals surface area contributed by atoms with Crippen molar-refractivity contribution in [3.05, 3.63) is 72.8 Å². The van der Waals surface area contributed by atoms with E-state index in [0.29, 0.717) is 5.75 Å². The molecule has 0 aromatic heterocycles. The molecule has 0 aliphatic rings. The highest BCUT2D eigenvalue weighted by Gasteiger charge is 2.15. The summed E-state index contributed by atoms with van der Waals surface area (Å²) in [5.41, 5.74) is 0. The molecule has 0 heterocycles. The van der Waals surface area contributed by atoms with Gasteiger partial charge in [-0.1, -0.05) is 48.5 Å². The molecule has 0 unspecified atom stereocenters. The van der Waals surface area contributed by atoms with Crippen LogP contribution >= 0.6 is 0 Å². The van der Waals surface area contributed by atoms with Crippen LogP contribution in [0.2, 0.25) is 0 Å². The van der Waals surface area contributed by atoms with Crippen LogP contribution in [0.15, 0.2) is 77.7 Å². The van der Waals surface area contributed by atoms with E-state index in [9.17, 15) is 8.42 Å². The van der Waals surface area contributed by atoms with E-state index in [1.54, 1.807) is 30.3 Å². The van der Waals surface area contributed by atoms with E-state index in [0.717, 1.165) is 10.8 Å². The van der Waals surface area contributed by atoms with Crippen LogP contribution in [0.5, 0.6) is 5.75 Å². The van der Waals surface area contributed by atoms with E-state index in [1.807, 2.05) is 30.3 Å². The Morgan fingerprint density at radius 1 is 0.700 bits per heavy atom. The Hall–Kier alpha value is -2.33. The highest BCUT2D eigenvalue weighted by Crippen LogP contribution is 2.23. The third kappa shape index (κ3) is 2.51. The first kappa shape index (κ1) is 12.7. The summed E-state index contributed by atoms with van der Waals surface area (Å²) in [4.78, 5) is 0.146. The molecule has 0 saturated carbocycles. The lowest BCUT2D eigenvalue weighted by Gasteiger charge is -2.07. The molecule has 100 valence electrons. The average Bonchev–Trinajstić information content (AvgIpc) is 2.48. The number of hydrogen-bond donors (Lipinski definition) is 0. The van der Waals surface area contributed by atoms with Crippen LogP contribution in [-0.2, 0) is 10.1 Å². The maximum atomic E-state index is 12.1. The van der Waals surface area contributed by atoms with Crippen molar-refractivity contribution >= 4 is 20.9 Å². The zero-order chi connectivity index (χ0) is 14.0. The number of benzene rings is 3. The van der Waals surface area contributed by atoms with E-state index in [-0.39, 0.29) is 4.90 Å². The van der Waals surface area contributed by atoms with Gasteiger partial charge in [0.1, 0.15) is 10.6 Å². The molecule has 0 N–H and O–H groups in total.